The number of hydrogen-bond acceptors (Lipinski definition) is 3. The van der Waals surface area contributed by atoms with Crippen molar-refractivity contribution in [2.45, 2.75) is 66.0 Å². The molecule has 0 aromatic rings. The summed E-state index contributed by atoms with van der Waals surface area (Å²) < 4.78 is 5.46. The molecule has 0 aromatic carbocycles. The SMILES string of the molecule is CCNC(=NCC(C)(C)N1CCOCC1)NC(C)CCC(C)C.I. The summed E-state index contributed by atoms with van der Waals surface area (Å²) in [6.07, 6.45) is 2.42. The lowest BCUT2D eigenvalue weighted by molar-refractivity contribution is -0.00684. The molecule has 0 radical (unpaired) electrons. The van der Waals surface area contributed by atoms with Crippen molar-refractivity contribution in [2.75, 3.05) is 39.4 Å². The lowest BCUT2D eigenvalue weighted by atomic mass is 10.0. The van der Waals surface area contributed by atoms with Crippen LogP contribution in [0.1, 0.15) is 54.4 Å². The maximum absolute atomic E-state index is 5.46. The standard InChI is InChI=1S/C18H38N4O.HI/c1-7-19-17(21-16(4)9-8-15(2)3)20-14-18(5,6)22-10-12-23-13-11-22;/h15-16H,7-14H2,1-6H3,(H2,19,20,21);1H. The summed E-state index contributed by atoms with van der Waals surface area (Å²) in [7, 11) is 0. The van der Waals surface area contributed by atoms with E-state index in [1.165, 1.54) is 12.8 Å². The molecule has 0 aromatic heterocycles. The van der Waals surface area contributed by atoms with Crippen molar-refractivity contribution in [1.82, 2.24) is 15.5 Å². The predicted molar refractivity (Wildman–Crippen MR) is 115 cm³/mol. The second kappa shape index (κ2) is 12.3. The van der Waals surface area contributed by atoms with Crippen LogP contribution in [-0.2, 0) is 4.74 Å². The van der Waals surface area contributed by atoms with Gasteiger partial charge in [-0.1, -0.05) is 13.8 Å². The van der Waals surface area contributed by atoms with E-state index in [-0.39, 0.29) is 29.5 Å². The molecule has 1 heterocycles. The molecular formula is C18H39IN4O. The topological polar surface area (TPSA) is 48.9 Å². The van der Waals surface area contributed by atoms with Crippen molar-refractivity contribution in [3.8, 4) is 0 Å². The van der Waals surface area contributed by atoms with E-state index in [0.29, 0.717) is 6.04 Å². The number of rotatable bonds is 8. The number of hydrogen-bond donors (Lipinski definition) is 2. The number of nitrogens with one attached hydrogen (secondary N) is 2. The largest absolute Gasteiger partial charge is 0.379 e. The maximum atomic E-state index is 5.46. The molecule has 6 heteroatoms. The average molecular weight is 454 g/mol. The summed E-state index contributed by atoms with van der Waals surface area (Å²) in [6.45, 7) is 18.8. The molecule has 2 N–H and O–H groups in total. The zero-order valence-electron chi connectivity index (χ0n) is 16.5. The molecule has 1 rings (SSSR count). The minimum Gasteiger partial charge on any atom is -0.379 e. The van der Waals surface area contributed by atoms with Gasteiger partial charge in [0.15, 0.2) is 5.96 Å². The smallest absolute Gasteiger partial charge is 0.191 e. The molecular weight excluding hydrogens is 415 g/mol. The Balaban J connectivity index is 0.00000529. The molecule has 1 atom stereocenters. The Hall–Kier alpha value is -0.0800. The van der Waals surface area contributed by atoms with E-state index < -0.39 is 0 Å². The van der Waals surface area contributed by atoms with Crippen LogP contribution in [0.3, 0.4) is 0 Å². The number of aliphatic imine (C=N–C) groups is 1. The first-order valence-corrected chi connectivity index (χ1v) is 9.22. The molecule has 0 amide bonds. The number of nitrogens with zero attached hydrogens (tertiary/aromatic N) is 2. The molecule has 1 unspecified atom stereocenters. The Morgan fingerprint density at radius 3 is 2.33 bits per heavy atom. The van der Waals surface area contributed by atoms with Crippen LogP contribution in [0.25, 0.3) is 0 Å². The third-order valence-electron chi connectivity index (χ3n) is 4.40. The second-order valence-electron chi connectivity index (χ2n) is 7.62. The molecule has 1 aliphatic heterocycles. The fourth-order valence-corrected chi connectivity index (χ4v) is 2.75. The zero-order valence-corrected chi connectivity index (χ0v) is 18.9. The first kappa shape index (κ1) is 23.9. The third-order valence-corrected chi connectivity index (χ3v) is 4.40. The maximum Gasteiger partial charge on any atom is 0.191 e. The summed E-state index contributed by atoms with van der Waals surface area (Å²) in [5.41, 5.74) is 0.0628. The highest BCUT2D eigenvalue weighted by atomic mass is 127. The van der Waals surface area contributed by atoms with E-state index in [2.05, 4.69) is 57.1 Å². The van der Waals surface area contributed by atoms with Gasteiger partial charge in [-0.2, -0.15) is 0 Å². The highest BCUT2D eigenvalue weighted by Crippen LogP contribution is 2.16. The summed E-state index contributed by atoms with van der Waals surface area (Å²) in [4.78, 5) is 7.32. The van der Waals surface area contributed by atoms with Crippen molar-refractivity contribution in [2.24, 2.45) is 10.9 Å². The molecule has 24 heavy (non-hydrogen) atoms. The van der Waals surface area contributed by atoms with Gasteiger partial charge >= 0.3 is 0 Å². The fourth-order valence-electron chi connectivity index (χ4n) is 2.75. The average Bonchev–Trinajstić information content (AvgIpc) is 2.52. The molecule has 144 valence electrons. The molecule has 5 nitrogen and oxygen atoms in total. The van der Waals surface area contributed by atoms with E-state index >= 15 is 0 Å². The molecule has 0 aliphatic carbocycles. The van der Waals surface area contributed by atoms with Gasteiger partial charge in [0.25, 0.3) is 0 Å². The summed E-state index contributed by atoms with van der Waals surface area (Å²) in [5, 5.41) is 6.92. The Labute approximate surface area is 166 Å². The number of morpholine rings is 1. The molecule has 1 saturated heterocycles. The van der Waals surface area contributed by atoms with Gasteiger partial charge in [0.05, 0.1) is 19.8 Å². The van der Waals surface area contributed by atoms with E-state index in [9.17, 15) is 0 Å². The highest BCUT2D eigenvalue weighted by molar-refractivity contribution is 14.0. The van der Waals surface area contributed by atoms with Crippen LogP contribution in [0.5, 0.6) is 0 Å². The molecule has 0 bridgehead atoms. The van der Waals surface area contributed by atoms with Crippen molar-refractivity contribution >= 4 is 29.9 Å². The molecule has 1 aliphatic rings. The van der Waals surface area contributed by atoms with Crippen LogP contribution in [0.4, 0.5) is 0 Å². The van der Waals surface area contributed by atoms with E-state index in [4.69, 9.17) is 9.73 Å². The van der Waals surface area contributed by atoms with Gasteiger partial charge in [0, 0.05) is 31.2 Å². The fraction of sp³-hybridized carbons (Fsp3) is 0.944. The summed E-state index contributed by atoms with van der Waals surface area (Å²) in [5.74, 6) is 1.68. The van der Waals surface area contributed by atoms with Crippen LogP contribution in [0.2, 0.25) is 0 Å². The van der Waals surface area contributed by atoms with Gasteiger partial charge in [-0.3, -0.25) is 9.89 Å². The summed E-state index contributed by atoms with van der Waals surface area (Å²) in [6, 6.07) is 0.446. The van der Waals surface area contributed by atoms with Crippen LogP contribution in [0, 0.1) is 5.92 Å². The van der Waals surface area contributed by atoms with Crippen molar-refractivity contribution in [1.29, 1.82) is 0 Å². The Bertz CT molecular complexity index is 355. The van der Waals surface area contributed by atoms with E-state index in [1.54, 1.807) is 0 Å². The van der Waals surface area contributed by atoms with Crippen LogP contribution in [0.15, 0.2) is 4.99 Å². The number of guanidine groups is 1. The van der Waals surface area contributed by atoms with Crippen molar-refractivity contribution in [3.05, 3.63) is 0 Å². The molecule has 0 saturated carbocycles. The monoisotopic (exact) mass is 454 g/mol. The van der Waals surface area contributed by atoms with Crippen molar-refractivity contribution < 1.29 is 4.74 Å². The lowest BCUT2D eigenvalue weighted by Gasteiger charge is -2.40. The van der Waals surface area contributed by atoms with Gasteiger partial charge in [0.2, 0.25) is 0 Å². The molecule has 0 spiro atoms. The van der Waals surface area contributed by atoms with Gasteiger partial charge in [0.1, 0.15) is 0 Å². The van der Waals surface area contributed by atoms with Gasteiger partial charge in [-0.25, -0.2) is 0 Å². The summed E-state index contributed by atoms with van der Waals surface area (Å²) >= 11 is 0. The zero-order chi connectivity index (χ0) is 17.3. The predicted octanol–water partition coefficient (Wildman–Crippen LogP) is 3.10. The Morgan fingerprint density at radius 2 is 1.79 bits per heavy atom. The number of halogens is 1. The minimum absolute atomic E-state index is 0. The van der Waals surface area contributed by atoms with Crippen molar-refractivity contribution in [3.63, 3.8) is 0 Å². The molecule has 1 fully saturated rings. The quantitative estimate of drug-likeness (QED) is 0.336. The minimum atomic E-state index is 0. The third kappa shape index (κ3) is 9.42. The second-order valence-corrected chi connectivity index (χ2v) is 7.62. The van der Waals surface area contributed by atoms with Gasteiger partial charge < -0.3 is 15.4 Å². The first-order valence-electron chi connectivity index (χ1n) is 9.22. The lowest BCUT2D eigenvalue weighted by Crippen LogP contribution is -2.52. The Kier molecular flexibility index (Phi) is 12.3. The number of ether oxygens (including phenoxy) is 1. The van der Waals surface area contributed by atoms with Gasteiger partial charge in [-0.15, -0.1) is 24.0 Å². The van der Waals surface area contributed by atoms with Crippen LogP contribution < -0.4 is 10.6 Å². The highest BCUT2D eigenvalue weighted by Gasteiger charge is 2.28. The van der Waals surface area contributed by atoms with Crippen LogP contribution in [-0.4, -0.2) is 61.8 Å². The Morgan fingerprint density at radius 1 is 1.17 bits per heavy atom. The normalized spacial score (nSPS) is 18.2. The van der Waals surface area contributed by atoms with E-state index in [1.807, 2.05) is 0 Å². The van der Waals surface area contributed by atoms with Gasteiger partial charge in [-0.05, 0) is 46.5 Å². The first-order chi connectivity index (χ1) is 10.8. The van der Waals surface area contributed by atoms with Crippen LogP contribution >= 0.6 is 24.0 Å². The van der Waals surface area contributed by atoms with E-state index in [0.717, 1.165) is 51.3 Å².